The average Bonchev–Trinajstić information content (AvgIpc) is 3.09. The van der Waals surface area contributed by atoms with E-state index >= 15 is 0 Å². The summed E-state index contributed by atoms with van der Waals surface area (Å²) in [5.74, 6) is 0.639. The summed E-state index contributed by atoms with van der Waals surface area (Å²) in [6, 6.07) is 9.24. The van der Waals surface area contributed by atoms with Crippen LogP contribution >= 0.6 is 0 Å². The molecule has 0 saturated heterocycles. The summed E-state index contributed by atoms with van der Waals surface area (Å²) in [7, 11) is 1.63. The lowest BCUT2D eigenvalue weighted by molar-refractivity contribution is 0.0943. The number of nitrogens with one attached hydrogen (secondary N) is 1. The van der Waals surface area contributed by atoms with E-state index in [4.69, 9.17) is 4.74 Å². The maximum atomic E-state index is 12.1. The number of aromatic nitrogens is 2. The minimum atomic E-state index is -0.149. The first-order valence-corrected chi connectivity index (χ1v) is 7.88. The Hall–Kier alpha value is -2.34. The van der Waals surface area contributed by atoms with Gasteiger partial charge in [-0.3, -0.25) is 4.79 Å². The molecule has 1 amide bonds. The van der Waals surface area contributed by atoms with Crippen molar-refractivity contribution in [3.8, 4) is 11.4 Å². The third-order valence-electron chi connectivity index (χ3n) is 3.77. The van der Waals surface area contributed by atoms with Gasteiger partial charge in [0.15, 0.2) is 5.69 Å². The van der Waals surface area contributed by atoms with Gasteiger partial charge in [-0.05, 0) is 43.4 Å². The van der Waals surface area contributed by atoms with Gasteiger partial charge in [-0.15, -0.1) is 0 Å². The third kappa shape index (κ3) is 4.56. The van der Waals surface area contributed by atoms with Crippen LogP contribution in [0.25, 0.3) is 5.69 Å². The maximum absolute atomic E-state index is 12.1. The van der Waals surface area contributed by atoms with E-state index in [1.807, 2.05) is 24.3 Å². The number of ether oxygens (including phenoxy) is 1. The Kier molecular flexibility index (Phi) is 6.17. The van der Waals surface area contributed by atoms with Gasteiger partial charge in [-0.25, -0.2) is 4.68 Å². The summed E-state index contributed by atoms with van der Waals surface area (Å²) in [5.41, 5.74) is 1.30. The molecular weight excluding hydrogens is 292 g/mol. The molecule has 0 bridgehead atoms. The molecule has 0 aliphatic rings. The highest BCUT2D eigenvalue weighted by molar-refractivity contribution is 5.92. The van der Waals surface area contributed by atoms with E-state index < -0.39 is 0 Å². The zero-order chi connectivity index (χ0) is 16.7. The van der Waals surface area contributed by atoms with Crippen molar-refractivity contribution in [3.05, 3.63) is 42.2 Å². The number of hydrogen-bond acceptors (Lipinski definition) is 4. The van der Waals surface area contributed by atoms with Crippen LogP contribution in [0.3, 0.4) is 0 Å². The molecule has 0 spiro atoms. The van der Waals surface area contributed by atoms with Gasteiger partial charge >= 0.3 is 0 Å². The Morgan fingerprint density at radius 3 is 2.52 bits per heavy atom. The van der Waals surface area contributed by atoms with Crippen LogP contribution in [0, 0.1) is 0 Å². The molecule has 2 rings (SSSR count). The van der Waals surface area contributed by atoms with Crippen molar-refractivity contribution >= 4 is 5.91 Å². The predicted molar refractivity (Wildman–Crippen MR) is 90.2 cm³/mol. The van der Waals surface area contributed by atoms with Gasteiger partial charge in [0.25, 0.3) is 5.91 Å². The number of benzene rings is 1. The highest BCUT2D eigenvalue weighted by atomic mass is 16.5. The molecule has 1 N–H and O–H groups in total. The summed E-state index contributed by atoms with van der Waals surface area (Å²) in [4.78, 5) is 14.4. The minimum Gasteiger partial charge on any atom is -0.497 e. The normalized spacial score (nSPS) is 10.8. The summed E-state index contributed by atoms with van der Waals surface area (Å²) < 4.78 is 6.81. The highest BCUT2D eigenvalue weighted by Crippen LogP contribution is 2.14. The fraction of sp³-hybridized carbons (Fsp3) is 0.412. The number of methoxy groups -OCH3 is 1. The minimum absolute atomic E-state index is 0.149. The summed E-state index contributed by atoms with van der Waals surface area (Å²) in [6.07, 6.45) is 1.78. The molecule has 1 heterocycles. The molecule has 6 heteroatoms. The van der Waals surface area contributed by atoms with Crippen molar-refractivity contribution < 1.29 is 9.53 Å². The fourth-order valence-corrected chi connectivity index (χ4v) is 2.28. The van der Waals surface area contributed by atoms with Crippen molar-refractivity contribution in [2.24, 2.45) is 0 Å². The van der Waals surface area contributed by atoms with E-state index in [0.717, 1.165) is 31.1 Å². The quantitative estimate of drug-likeness (QED) is 0.809. The van der Waals surface area contributed by atoms with Gasteiger partial charge in [0, 0.05) is 19.3 Å². The van der Waals surface area contributed by atoms with Crippen molar-refractivity contribution in [1.29, 1.82) is 0 Å². The number of amides is 1. The highest BCUT2D eigenvalue weighted by Gasteiger charge is 2.10. The van der Waals surface area contributed by atoms with Gasteiger partial charge in [0.05, 0.1) is 12.8 Å². The standard InChI is InChI=1S/C17H24N4O2/c1-4-20(5-2)13-11-18-17(22)16-10-12-21(19-16)14-6-8-15(23-3)9-7-14/h6-10,12H,4-5,11,13H2,1-3H3,(H,18,22). The van der Waals surface area contributed by atoms with Gasteiger partial charge < -0.3 is 15.0 Å². The molecule has 23 heavy (non-hydrogen) atoms. The van der Waals surface area contributed by atoms with E-state index in [1.54, 1.807) is 24.1 Å². The number of hydrogen-bond donors (Lipinski definition) is 1. The van der Waals surface area contributed by atoms with Crippen LogP contribution in [0.1, 0.15) is 24.3 Å². The number of likely N-dealkylation sites (N-methyl/N-ethyl adjacent to an activating group) is 1. The molecule has 1 aromatic carbocycles. The summed E-state index contributed by atoms with van der Waals surface area (Å²) in [6.45, 7) is 7.66. The first kappa shape index (κ1) is 17.0. The van der Waals surface area contributed by atoms with Crippen LogP contribution in [-0.2, 0) is 0 Å². The molecular formula is C17H24N4O2. The molecule has 0 saturated carbocycles. The summed E-state index contributed by atoms with van der Waals surface area (Å²) >= 11 is 0. The largest absolute Gasteiger partial charge is 0.497 e. The van der Waals surface area contributed by atoms with Gasteiger partial charge in [0.1, 0.15) is 5.75 Å². The molecule has 6 nitrogen and oxygen atoms in total. The lowest BCUT2D eigenvalue weighted by Gasteiger charge is -2.17. The Morgan fingerprint density at radius 1 is 1.22 bits per heavy atom. The molecule has 0 aliphatic carbocycles. The van der Waals surface area contributed by atoms with Crippen molar-refractivity contribution in [2.45, 2.75) is 13.8 Å². The molecule has 0 aliphatic heterocycles. The Morgan fingerprint density at radius 2 is 1.91 bits per heavy atom. The molecule has 0 fully saturated rings. The fourth-order valence-electron chi connectivity index (χ4n) is 2.28. The second-order valence-electron chi connectivity index (χ2n) is 5.13. The third-order valence-corrected chi connectivity index (χ3v) is 3.77. The smallest absolute Gasteiger partial charge is 0.271 e. The van der Waals surface area contributed by atoms with Crippen LogP contribution in [0.2, 0.25) is 0 Å². The SMILES string of the molecule is CCN(CC)CCNC(=O)c1ccn(-c2ccc(OC)cc2)n1. The van der Waals surface area contributed by atoms with Crippen molar-refractivity contribution in [1.82, 2.24) is 20.0 Å². The lowest BCUT2D eigenvalue weighted by Crippen LogP contribution is -2.35. The Bertz CT molecular complexity index is 618. The molecule has 0 radical (unpaired) electrons. The molecule has 1 aromatic heterocycles. The monoisotopic (exact) mass is 316 g/mol. The molecule has 124 valence electrons. The number of nitrogens with zero attached hydrogens (tertiary/aromatic N) is 3. The Balaban J connectivity index is 1.94. The van der Waals surface area contributed by atoms with Crippen LogP contribution < -0.4 is 10.1 Å². The molecule has 0 unspecified atom stereocenters. The zero-order valence-corrected chi connectivity index (χ0v) is 14.0. The van der Waals surface area contributed by atoms with Gasteiger partial charge in [-0.1, -0.05) is 13.8 Å². The number of rotatable bonds is 8. The van der Waals surface area contributed by atoms with E-state index in [9.17, 15) is 4.79 Å². The average molecular weight is 316 g/mol. The number of carbonyl (C=O) groups is 1. The van der Waals surface area contributed by atoms with Crippen LogP contribution in [0.5, 0.6) is 5.75 Å². The van der Waals surface area contributed by atoms with Crippen molar-refractivity contribution in [3.63, 3.8) is 0 Å². The maximum Gasteiger partial charge on any atom is 0.271 e. The second-order valence-corrected chi connectivity index (χ2v) is 5.13. The van der Waals surface area contributed by atoms with E-state index in [2.05, 4.69) is 29.2 Å². The lowest BCUT2D eigenvalue weighted by atomic mass is 10.3. The zero-order valence-electron chi connectivity index (χ0n) is 14.0. The van der Waals surface area contributed by atoms with Gasteiger partial charge in [-0.2, -0.15) is 5.10 Å². The first-order chi connectivity index (χ1) is 11.2. The van der Waals surface area contributed by atoms with Gasteiger partial charge in [0.2, 0.25) is 0 Å². The second kappa shape index (κ2) is 8.33. The molecule has 0 atom stereocenters. The Labute approximate surface area is 137 Å². The summed E-state index contributed by atoms with van der Waals surface area (Å²) in [5, 5.41) is 7.23. The van der Waals surface area contributed by atoms with Crippen LogP contribution in [-0.4, -0.2) is 53.9 Å². The first-order valence-electron chi connectivity index (χ1n) is 7.88. The number of carbonyl (C=O) groups excluding carboxylic acids is 1. The van der Waals surface area contributed by atoms with Crippen LogP contribution in [0.4, 0.5) is 0 Å². The predicted octanol–water partition coefficient (Wildman–Crippen LogP) is 1.95. The van der Waals surface area contributed by atoms with E-state index in [0.29, 0.717) is 12.2 Å². The van der Waals surface area contributed by atoms with E-state index in [-0.39, 0.29) is 5.91 Å². The molecule has 2 aromatic rings. The topological polar surface area (TPSA) is 59.4 Å². The van der Waals surface area contributed by atoms with Crippen LogP contribution in [0.15, 0.2) is 36.5 Å². The van der Waals surface area contributed by atoms with E-state index in [1.165, 1.54) is 0 Å². The van der Waals surface area contributed by atoms with Crippen molar-refractivity contribution in [2.75, 3.05) is 33.3 Å².